The fourth-order valence-electron chi connectivity index (χ4n) is 3.35. The van der Waals surface area contributed by atoms with E-state index in [2.05, 4.69) is 5.32 Å². The first-order chi connectivity index (χ1) is 11.5. The highest BCUT2D eigenvalue weighted by Crippen LogP contribution is 2.35. The minimum Gasteiger partial charge on any atom is -0.344 e. The van der Waals surface area contributed by atoms with Crippen molar-refractivity contribution in [2.24, 2.45) is 0 Å². The molecule has 6 heteroatoms. The van der Waals surface area contributed by atoms with Crippen LogP contribution in [0.3, 0.4) is 0 Å². The molecule has 2 aliphatic rings. The number of rotatable bonds is 4. The normalized spacial score (nSPS) is 22.2. The summed E-state index contributed by atoms with van der Waals surface area (Å²) in [5.74, 6) is -0.175. The van der Waals surface area contributed by atoms with Crippen LogP contribution in [-0.2, 0) is 4.79 Å². The molecule has 1 aliphatic carbocycles. The molecule has 2 atom stereocenters. The number of likely N-dealkylation sites (tertiary alicyclic amines) is 1. The summed E-state index contributed by atoms with van der Waals surface area (Å²) >= 11 is 0. The molecule has 24 heavy (non-hydrogen) atoms. The Bertz CT molecular complexity index is 632. The zero-order valence-electron chi connectivity index (χ0n) is 14.2. The van der Waals surface area contributed by atoms with Gasteiger partial charge in [0, 0.05) is 37.7 Å². The van der Waals surface area contributed by atoms with E-state index in [1.807, 2.05) is 6.92 Å². The highest BCUT2D eigenvalue weighted by atomic mass is 19.1. The minimum absolute atomic E-state index is 0.0470. The topological polar surface area (TPSA) is 52.7 Å². The van der Waals surface area contributed by atoms with Crippen molar-refractivity contribution in [2.45, 2.75) is 50.7 Å². The van der Waals surface area contributed by atoms with Crippen molar-refractivity contribution in [1.82, 2.24) is 15.1 Å². The number of amides is 3. The minimum atomic E-state index is -0.318. The van der Waals surface area contributed by atoms with E-state index in [1.165, 1.54) is 6.07 Å². The van der Waals surface area contributed by atoms with Crippen molar-refractivity contribution in [1.29, 1.82) is 0 Å². The molecule has 0 unspecified atom stereocenters. The first-order valence-corrected chi connectivity index (χ1v) is 8.54. The van der Waals surface area contributed by atoms with Gasteiger partial charge in [-0.05, 0) is 32.3 Å². The summed E-state index contributed by atoms with van der Waals surface area (Å²) in [5, 5.41) is 3.03. The highest BCUT2D eigenvalue weighted by molar-refractivity contribution is 5.78. The van der Waals surface area contributed by atoms with E-state index in [0.717, 1.165) is 12.8 Å². The molecule has 1 aromatic rings. The van der Waals surface area contributed by atoms with Gasteiger partial charge in [-0.1, -0.05) is 18.2 Å². The van der Waals surface area contributed by atoms with Crippen molar-refractivity contribution in [3.8, 4) is 0 Å². The third kappa shape index (κ3) is 3.52. The Morgan fingerprint density at radius 2 is 2.04 bits per heavy atom. The van der Waals surface area contributed by atoms with Crippen molar-refractivity contribution in [3.63, 3.8) is 0 Å². The number of piperidine rings is 1. The van der Waals surface area contributed by atoms with Gasteiger partial charge in [0.05, 0.1) is 6.04 Å². The quantitative estimate of drug-likeness (QED) is 0.921. The van der Waals surface area contributed by atoms with Crippen LogP contribution in [0.2, 0.25) is 0 Å². The van der Waals surface area contributed by atoms with Crippen LogP contribution in [-0.4, -0.2) is 47.4 Å². The van der Waals surface area contributed by atoms with E-state index in [9.17, 15) is 14.0 Å². The van der Waals surface area contributed by atoms with Crippen molar-refractivity contribution in [2.75, 3.05) is 13.6 Å². The molecule has 2 fully saturated rings. The molecule has 5 nitrogen and oxygen atoms in total. The Morgan fingerprint density at radius 1 is 1.33 bits per heavy atom. The molecular formula is C18H24FN3O2. The first kappa shape index (κ1) is 16.7. The summed E-state index contributed by atoms with van der Waals surface area (Å²) in [6.07, 6.45) is 3.01. The van der Waals surface area contributed by atoms with Gasteiger partial charge in [-0.3, -0.25) is 4.79 Å². The third-order valence-corrected chi connectivity index (χ3v) is 4.90. The zero-order chi connectivity index (χ0) is 17.3. The summed E-state index contributed by atoms with van der Waals surface area (Å²) < 4.78 is 14.1. The molecule has 130 valence electrons. The average Bonchev–Trinajstić information content (AvgIpc) is 3.36. The molecule has 0 radical (unpaired) electrons. The van der Waals surface area contributed by atoms with Gasteiger partial charge in [0.1, 0.15) is 5.82 Å². The number of carbonyl (C=O) groups is 2. The second-order valence-corrected chi connectivity index (χ2v) is 6.80. The second kappa shape index (κ2) is 6.79. The zero-order valence-corrected chi connectivity index (χ0v) is 14.2. The molecule has 0 bridgehead atoms. The third-order valence-electron chi connectivity index (χ3n) is 4.90. The molecular weight excluding hydrogens is 309 g/mol. The fraction of sp³-hybridized carbons (Fsp3) is 0.556. The molecule has 1 heterocycles. The summed E-state index contributed by atoms with van der Waals surface area (Å²) in [6, 6.07) is 6.24. The smallest absolute Gasteiger partial charge is 0.318 e. The number of likely N-dealkylation sites (N-methyl/N-ethyl adjacent to an activating group) is 1. The van der Waals surface area contributed by atoms with Gasteiger partial charge in [-0.2, -0.15) is 0 Å². The van der Waals surface area contributed by atoms with E-state index in [-0.39, 0.29) is 35.9 Å². The number of nitrogens with zero attached hydrogens (tertiary/aromatic N) is 2. The summed E-state index contributed by atoms with van der Waals surface area (Å²) in [4.78, 5) is 27.8. The monoisotopic (exact) mass is 333 g/mol. The number of carbonyl (C=O) groups excluding carboxylic acids is 2. The fourth-order valence-corrected chi connectivity index (χ4v) is 3.35. The van der Waals surface area contributed by atoms with Crippen molar-refractivity contribution in [3.05, 3.63) is 35.6 Å². The lowest BCUT2D eigenvalue weighted by Crippen LogP contribution is -2.53. The Hall–Kier alpha value is -2.11. The molecule has 1 N–H and O–H groups in total. The molecule has 1 aliphatic heterocycles. The van der Waals surface area contributed by atoms with Crippen LogP contribution in [0.1, 0.15) is 44.2 Å². The molecule has 1 saturated heterocycles. The van der Waals surface area contributed by atoms with E-state index >= 15 is 0 Å². The standard InChI is InChI=1S/C18H24FN3O2/c1-12(15-5-3-4-6-16(15)19)22(14-8-9-14)18(24)20-13-7-10-17(23)21(2)11-13/h3-6,12-14H,7-11H2,1-2H3,(H,20,24)/t12-,13+/m1/s1. The predicted octanol–water partition coefficient (Wildman–Crippen LogP) is 2.68. The maximum Gasteiger partial charge on any atom is 0.318 e. The Labute approximate surface area is 141 Å². The van der Waals surface area contributed by atoms with Crippen LogP contribution < -0.4 is 5.32 Å². The summed E-state index contributed by atoms with van der Waals surface area (Å²) in [5.41, 5.74) is 0.537. The number of hydrogen-bond acceptors (Lipinski definition) is 2. The van der Waals surface area contributed by atoms with Crippen molar-refractivity contribution >= 4 is 11.9 Å². The number of hydrogen-bond donors (Lipinski definition) is 1. The molecule has 0 spiro atoms. The van der Waals surface area contributed by atoms with E-state index in [1.54, 1.807) is 35.0 Å². The van der Waals surface area contributed by atoms with Crippen LogP contribution in [0.25, 0.3) is 0 Å². The lowest BCUT2D eigenvalue weighted by atomic mass is 10.0. The average molecular weight is 333 g/mol. The van der Waals surface area contributed by atoms with Crippen LogP contribution >= 0.6 is 0 Å². The highest BCUT2D eigenvalue weighted by Gasteiger charge is 2.38. The number of benzene rings is 1. The molecule has 3 rings (SSSR count). The lowest BCUT2D eigenvalue weighted by molar-refractivity contribution is -0.132. The lowest BCUT2D eigenvalue weighted by Gasteiger charge is -2.35. The van der Waals surface area contributed by atoms with E-state index in [0.29, 0.717) is 24.9 Å². The molecule has 3 amide bonds. The van der Waals surface area contributed by atoms with Gasteiger partial charge in [0.2, 0.25) is 5.91 Å². The van der Waals surface area contributed by atoms with Crippen LogP contribution in [0.15, 0.2) is 24.3 Å². The summed E-state index contributed by atoms with van der Waals surface area (Å²) in [6.45, 7) is 2.39. The van der Waals surface area contributed by atoms with Crippen molar-refractivity contribution < 1.29 is 14.0 Å². The SMILES string of the molecule is C[C@H](c1ccccc1F)N(C(=O)N[C@H]1CCC(=O)N(C)C1)C1CC1. The second-order valence-electron chi connectivity index (χ2n) is 6.80. The Morgan fingerprint density at radius 3 is 2.67 bits per heavy atom. The molecule has 1 saturated carbocycles. The van der Waals surface area contributed by atoms with Gasteiger partial charge >= 0.3 is 6.03 Å². The van der Waals surface area contributed by atoms with E-state index < -0.39 is 0 Å². The van der Waals surface area contributed by atoms with Crippen LogP contribution in [0.5, 0.6) is 0 Å². The first-order valence-electron chi connectivity index (χ1n) is 8.54. The maximum atomic E-state index is 14.1. The van der Waals surface area contributed by atoms with E-state index in [4.69, 9.17) is 0 Å². The Kier molecular flexibility index (Phi) is 4.73. The number of urea groups is 1. The predicted molar refractivity (Wildman–Crippen MR) is 88.9 cm³/mol. The van der Waals surface area contributed by atoms with Crippen LogP contribution in [0, 0.1) is 5.82 Å². The maximum absolute atomic E-state index is 14.1. The van der Waals surface area contributed by atoms with Gasteiger partial charge in [-0.25, -0.2) is 9.18 Å². The van der Waals surface area contributed by atoms with Gasteiger partial charge < -0.3 is 15.1 Å². The van der Waals surface area contributed by atoms with Gasteiger partial charge in [-0.15, -0.1) is 0 Å². The van der Waals surface area contributed by atoms with Gasteiger partial charge in [0.25, 0.3) is 0 Å². The largest absolute Gasteiger partial charge is 0.344 e. The summed E-state index contributed by atoms with van der Waals surface area (Å²) in [7, 11) is 1.75. The molecule has 1 aromatic carbocycles. The van der Waals surface area contributed by atoms with Gasteiger partial charge in [0.15, 0.2) is 0 Å². The van der Waals surface area contributed by atoms with Crippen LogP contribution in [0.4, 0.5) is 9.18 Å². The number of halogens is 1. The Balaban J connectivity index is 1.70. The number of nitrogens with one attached hydrogen (secondary N) is 1. The molecule has 0 aromatic heterocycles.